The van der Waals surface area contributed by atoms with Crippen molar-refractivity contribution in [3.8, 4) is 0 Å². The van der Waals surface area contributed by atoms with E-state index in [-0.39, 0.29) is 111 Å². The monoisotopic (exact) mass is 875 g/mol. The molecule has 0 saturated heterocycles. The van der Waals surface area contributed by atoms with E-state index in [9.17, 15) is 30.0 Å². The van der Waals surface area contributed by atoms with Gasteiger partial charge in [-0.15, -0.1) is 0 Å². The van der Waals surface area contributed by atoms with Crippen LogP contribution >= 0.6 is 0 Å². The number of rotatable bonds is 11. The molecule has 4 N–H and O–H groups in total. The van der Waals surface area contributed by atoms with Crippen molar-refractivity contribution in [3.05, 3.63) is 11.6 Å². The molecule has 0 aromatic carbocycles. The molecular weight excluding hydrogens is 789 g/mol. The van der Waals surface area contributed by atoms with Crippen molar-refractivity contribution in [1.29, 1.82) is 0 Å². The Kier molecular flexibility index (Phi) is 12.7. The van der Waals surface area contributed by atoms with Crippen LogP contribution in [0.5, 0.6) is 0 Å². The summed E-state index contributed by atoms with van der Waals surface area (Å²) in [6.07, 6.45) is 14.2. The Bertz CT molecular complexity index is 1820. The van der Waals surface area contributed by atoms with Gasteiger partial charge in [0.1, 0.15) is 5.78 Å². The number of carboxylic acids is 2. The van der Waals surface area contributed by atoms with Crippen LogP contribution in [0, 0.1) is 122 Å². The molecule has 354 valence electrons. The van der Waals surface area contributed by atoms with E-state index in [2.05, 4.69) is 68.4 Å². The molecule has 8 saturated carbocycles. The van der Waals surface area contributed by atoms with Crippen molar-refractivity contribution in [2.45, 2.75) is 184 Å². The Hall–Kier alpha value is -2.06. The van der Waals surface area contributed by atoms with Gasteiger partial charge in [-0.25, -0.2) is 0 Å². The van der Waals surface area contributed by atoms with Gasteiger partial charge in [0.2, 0.25) is 0 Å². The third kappa shape index (κ3) is 7.13. The molecule has 23 atom stereocenters. The largest absolute Gasteiger partial charge is 0.481 e. The van der Waals surface area contributed by atoms with E-state index >= 15 is 9.59 Å². The van der Waals surface area contributed by atoms with Gasteiger partial charge in [-0.3, -0.25) is 19.2 Å². The van der Waals surface area contributed by atoms with Gasteiger partial charge >= 0.3 is 11.9 Å². The van der Waals surface area contributed by atoms with Gasteiger partial charge in [0.25, 0.3) is 0 Å². The molecule has 0 heterocycles. The maximum absolute atomic E-state index is 15.4. The number of ketones is 2. The van der Waals surface area contributed by atoms with Crippen molar-refractivity contribution in [1.82, 2.24) is 0 Å². The number of aliphatic hydroxyl groups is 2. The van der Waals surface area contributed by atoms with E-state index < -0.39 is 24.1 Å². The lowest BCUT2D eigenvalue weighted by Crippen LogP contribution is -2.64. The normalized spacial score (nSPS) is 51.9. The van der Waals surface area contributed by atoms with Crippen molar-refractivity contribution >= 4 is 23.5 Å². The second-order valence-corrected chi connectivity index (χ2v) is 25.1. The van der Waals surface area contributed by atoms with Gasteiger partial charge in [0.05, 0.1) is 12.2 Å². The summed E-state index contributed by atoms with van der Waals surface area (Å²) in [6.45, 7) is 23.0. The average Bonchev–Trinajstić information content (AvgIpc) is 3.74. The predicted molar refractivity (Wildman–Crippen MR) is 245 cm³/mol. The highest BCUT2D eigenvalue weighted by Crippen LogP contribution is 2.73. The number of carbonyl (C=O) groups excluding carboxylic acids is 2. The topological polar surface area (TPSA) is 149 Å². The molecule has 63 heavy (non-hydrogen) atoms. The third-order valence-electron chi connectivity index (χ3n) is 22.8. The summed E-state index contributed by atoms with van der Waals surface area (Å²) in [7, 11) is 0. The molecule has 8 aliphatic carbocycles. The molecule has 8 nitrogen and oxygen atoms in total. The number of hydrogen-bond donors (Lipinski definition) is 4. The molecule has 0 bridgehead atoms. The highest BCUT2D eigenvalue weighted by Gasteiger charge is 2.70. The number of fused-ring (bicyclic) bond motifs is 10. The summed E-state index contributed by atoms with van der Waals surface area (Å²) in [4.78, 5) is 54.0. The lowest BCUT2D eigenvalue weighted by atomic mass is 9.39. The molecule has 0 spiro atoms. The fraction of sp³-hybridized carbons (Fsp3) is 0.891. The average molecular weight is 875 g/mol. The zero-order chi connectivity index (χ0) is 45.9. The first-order chi connectivity index (χ1) is 29.6. The first-order valence-corrected chi connectivity index (χ1v) is 26.1. The minimum absolute atomic E-state index is 0.00672. The summed E-state index contributed by atoms with van der Waals surface area (Å²) >= 11 is 0. The van der Waals surface area contributed by atoms with Gasteiger partial charge in [0.15, 0.2) is 5.78 Å². The Morgan fingerprint density at radius 2 is 1.29 bits per heavy atom. The van der Waals surface area contributed by atoms with Crippen LogP contribution in [0.15, 0.2) is 11.6 Å². The third-order valence-corrected chi connectivity index (χ3v) is 22.8. The highest BCUT2D eigenvalue weighted by molar-refractivity contribution is 5.99. The maximum Gasteiger partial charge on any atom is 0.303 e. The van der Waals surface area contributed by atoms with Crippen molar-refractivity contribution in [3.63, 3.8) is 0 Å². The van der Waals surface area contributed by atoms with Crippen LogP contribution in [0.2, 0.25) is 0 Å². The molecule has 8 heteroatoms. The van der Waals surface area contributed by atoms with E-state index in [0.29, 0.717) is 48.1 Å². The minimum Gasteiger partial charge on any atom is -0.481 e. The quantitative estimate of drug-likeness (QED) is 0.150. The van der Waals surface area contributed by atoms with E-state index in [1.54, 1.807) is 0 Å². The molecule has 0 aromatic heterocycles. The Morgan fingerprint density at radius 3 is 1.89 bits per heavy atom. The second-order valence-electron chi connectivity index (χ2n) is 25.1. The molecule has 8 rings (SSSR count). The fourth-order valence-electron chi connectivity index (χ4n) is 20.2. The van der Waals surface area contributed by atoms with Crippen LogP contribution in [-0.2, 0) is 19.2 Å². The van der Waals surface area contributed by atoms with Gasteiger partial charge in [-0.1, -0.05) is 68.4 Å². The Labute approximate surface area is 380 Å². The van der Waals surface area contributed by atoms with Crippen LogP contribution in [0.1, 0.15) is 172 Å². The van der Waals surface area contributed by atoms with E-state index in [1.807, 2.05) is 6.92 Å². The number of aliphatic hydroxyl groups excluding tert-OH is 2. The standard InChI is InChI=1S/C55H86O8/c1-11-34-46-30(5)41(56)21-24-53(46,8)39-20-23-54(9)40(29(4)14-18-43(59)60)26-32(48(54)45(39)51(34)63)25-33-27-55(10)38-19-22-52(7)36(28(3)13-17-42(57)58)15-16-37(52)44(38)50(62)35(12-2)47(55)31(6)49(33)61/h11,28-33,35-41,44-49,56,61H,12-27H2,1-10H3,(H,57,58)(H,59,60)/b34-11+/t28-,29-,30?,31?,32?,33+,35+,36?,37+,38+,39+,40?,41-,44?,45?,46?,47?,48+,49+,52?,53?,54?,55?/m1/s1. The van der Waals surface area contributed by atoms with E-state index in [4.69, 9.17) is 0 Å². The van der Waals surface area contributed by atoms with Gasteiger partial charge in [-0.2, -0.15) is 0 Å². The first-order valence-electron chi connectivity index (χ1n) is 26.1. The fourth-order valence-corrected chi connectivity index (χ4v) is 20.2. The summed E-state index contributed by atoms with van der Waals surface area (Å²) in [5, 5.41) is 43.2. The van der Waals surface area contributed by atoms with Gasteiger partial charge in [0, 0.05) is 30.6 Å². The number of Topliss-reactive ketones (excluding diaryl/α,β-unsaturated/α-hetero) is 2. The minimum atomic E-state index is -0.754. The van der Waals surface area contributed by atoms with E-state index in [1.165, 1.54) is 0 Å². The highest BCUT2D eigenvalue weighted by atomic mass is 16.4. The lowest BCUT2D eigenvalue weighted by molar-refractivity contribution is -0.195. The summed E-state index contributed by atoms with van der Waals surface area (Å²) in [6, 6.07) is 0. The molecule has 8 fully saturated rings. The first kappa shape index (κ1) is 47.4. The number of aliphatic carboxylic acids is 2. The molecule has 0 radical (unpaired) electrons. The molecule has 0 aromatic rings. The van der Waals surface area contributed by atoms with Crippen LogP contribution < -0.4 is 0 Å². The van der Waals surface area contributed by atoms with Crippen molar-refractivity contribution in [2.24, 2.45) is 122 Å². The molecule has 8 aliphatic rings. The van der Waals surface area contributed by atoms with Crippen LogP contribution in [0.25, 0.3) is 0 Å². The molecule has 13 unspecified atom stereocenters. The smallest absolute Gasteiger partial charge is 0.303 e. The van der Waals surface area contributed by atoms with Crippen LogP contribution in [0.4, 0.5) is 0 Å². The number of hydrogen-bond acceptors (Lipinski definition) is 6. The van der Waals surface area contributed by atoms with Crippen molar-refractivity contribution in [2.75, 3.05) is 0 Å². The van der Waals surface area contributed by atoms with Gasteiger partial charge < -0.3 is 20.4 Å². The molecular formula is C55H86O8. The molecule has 0 aliphatic heterocycles. The van der Waals surface area contributed by atoms with Gasteiger partial charge in [-0.05, 0) is 207 Å². The zero-order valence-electron chi connectivity index (χ0n) is 40.8. The van der Waals surface area contributed by atoms with Crippen LogP contribution in [0.3, 0.4) is 0 Å². The summed E-state index contributed by atoms with van der Waals surface area (Å²) in [5.74, 6) is 1.66. The second kappa shape index (κ2) is 16.9. The number of carboxylic acid groups (broad SMARTS) is 2. The SMILES string of the molecule is C/C=C1/C(=O)C2[C@@H]3C(C[C@H]4CC5(C)C(C(C)[C@@H]4O)[C@H](CC)C(=O)C4[C@@H]6CCC([C@H](C)CCC(=O)O)C6(C)CC[C@@H]45)CC([C@H](C)CCC(=O)O)C3(C)CC[C@@H]2C2(C)CC[C@@H](O)C(C)C12. The molecule has 0 amide bonds. The Morgan fingerprint density at radius 1 is 0.714 bits per heavy atom. The van der Waals surface area contributed by atoms with Crippen molar-refractivity contribution < 1.29 is 39.6 Å². The summed E-state index contributed by atoms with van der Waals surface area (Å²) in [5.41, 5.74) is 0.633. The maximum atomic E-state index is 15.4. The van der Waals surface area contributed by atoms with Crippen LogP contribution in [-0.4, -0.2) is 56.1 Å². The predicted octanol–water partition coefficient (Wildman–Crippen LogP) is 10.9. The zero-order valence-corrected chi connectivity index (χ0v) is 40.8. The number of carbonyl (C=O) groups is 4. The Balaban J connectivity index is 1.14. The number of allylic oxidation sites excluding steroid dienone is 2. The lowest BCUT2D eigenvalue weighted by Gasteiger charge is -2.65. The van der Waals surface area contributed by atoms with E-state index in [0.717, 1.165) is 82.6 Å². The summed E-state index contributed by atoms with van der Waals surface area (Å²) < 4.78 is 0.